The Morgan fingerprint density at radius 3 is 2.67 bits per heavy atom. The Hall–Kier alpha value is -0.0900. The summed E-state index contributed by atoms with van der Waals surface area (Å²) < 4.78 is 21.0. The fourth-order valence-corrected chi connectivity index (χ4v) is 2.73. The average molecular weight is 191 g/mol. The zero-order valence-electron chi connectivity index (χ0n) is 7.40. The highest BCUT2D eigenvalue weighted by Crippen LogP contribution is 2.27. The van der Waals surface area contributed by atoms with Gasteiger partial charge in [-0.05, 0) is 31.1 Å². The first-order chi connectivity index (χ1) is 5.59. The molecule has 1 saturated carbocycles. The molecule has 0 amide bonds. The van der Waals surface area contributed by atoms with Gasteiger partial charge < -0.3 is 5.73 Å². The van der Waals surface area contributed by atoms with Gasteiger partial charge in [-0.1, -0.05) is 6.92 Å². The maximum atomic E-state index is 10.5. The van der Waals surface area contributed by atoms with Crippen LogP contribution in [0.25, 0.3) is 0 Å². The smallest absolute Gasteiger partial charge is 0.140 e. The molecule has 0 aromatic heterocycles. The van der Waals surface area contributed by atoms with Crippen molar-refractivity contribution >= 4 is 10.7 Å². The molecule has 0 spiro atoms. The first-order valence-corrected chi connectivity index (χ1v) is 5.83. The van der Waals surface area contributed by atoms with Gasteiger partial charge in [-0.25, -0.2) is 8.42 Å². The van der Waals surface area contributed by atoms with E-state index in [0.717, 1.165) is 19.3 Å². The van der Waals surface area contributed by atoms with Gasteiger partial charge in [-0.15, -0.1) is 0 Å². The summed E-state index contributed by atoms with van der Waals surface area (Å²) >= 11 is 0. The molecular formula is C8H17NO2S. The van der Waals surface area contributed by atoms with E-state index in [9.17, 15) is 8.42 Å². The minimum atomic E-state index is -2.25. The third kappa shape index (κ3) is 2.75. The third-order valence-electron chi connectivity index (χ3n) is 2.69. The van der Waals surface area contributed by atoms with Gasteiger partial charge in [0.2, 0.25) is 0 Å². The topological polar surface area (TPSA) is 60.2 Å². The first-order valence-electron chi connectivity index (χ1n) is 4.47. The lowest BCUT2D eigenvalue weighted by Crippen LogP contribution is -2.37. The molecule has 3 atom stereocenters. The van der Waals surface area contributed by atoms with Crippen LogP contribution in [0.1, 0.15) is 26.2 Å². The van der Waals surface area contributed by atoms with Crippen molar-refractivity contribution in [2.24, 2.45) is 17.6 Å². The fraction of sp³-hybridized carbons (Fsp3) is 1.00. The summed E-state index contributed by atoms with van der Waals surface area (Å²) in [5.41, 5.74) is 5.82. The molecular weight excluding hydrogens is 174 g/mol. The molecule has 72 valence electrons. The maximum Gasteiger partial charge on any atom is 0.140 e. The predicted molar refractivity (Wildman–Crippen MR) is 49.7 cm³/mol. The second-order valence-electron chi connectivity index (χ2n) is 3.86. The Bertz CT molecular complexity index is 207. The number of nitrogens with two attached hydrogens (primary N) is 1. The van der Waals surface area contributed by atoms with Crippen molar-refractivity contribution in [3.05, 3.63) is 0 Å². The van der Waals surface area contributed by atoms with Crippen molar-refractivity contribution in [1.82, 2.24) is 0 Å². The number of thiol groups is 1. The third-order valence-corrected chi connectivity index (χ3v) is 3.45. The molecule has 0 aromatic carbocycles. The van der Waals surface area contributed by atoms with E-state index < -0.39 is 10.7 Å². The maximum absolute atomic E-state index is 10.5. The predicted octanol–water partition coefficient (Wildman–Crippen LogP) is 0.361. The van der Waals surface area contributed by atoms with Gasteiger partial charge in [0.05, 0.1) is 5.75 Å². The van der Waals surface area contributed by atoms with Crippen molar-refractivity contribution in [2.75, 3.05) is 5.75 Å². The zero-order valence-corrected chi connectivity index (χ0v) is 8.30. The van der Waals surface area contributed by atoms with E-state index in [1.807, 2.05) is 0 Å². The van der Waals surface area contributed by atoms with Crippen molar-refractivity contribution in [1.29, 1.82) is 0 Å². The molecule has 0 saturated heterocycles. The van der Waals surface area contributed by atoms with Gasteiger partial charge in [0.25, 0.3) is 0 Å². The van der Waals surface area contributed by atoms with Gasteiger partial charge in [-0.3, -0.25) is 0 Å². The van der Waals surface area contributed by atoms with Gasteiger partial charge in [0.15, 0.2) is 0 Å². The Balaban J connectivity index is 2.48. The number of rotatable bonds is 2. The highest BCUT2D eigenvalue weighted by molar-refractivity contribution is 7.72. The van der Waals surface area contributed by atoms with Crippen LogP contribution in [0.3, 0.4) is 0 Å². The Morgan fingerprint density at radius 1 is 1.42 bits per heavy atom. The SMILES string of the molecule is C[C@@H]1CC[C@H](N)[C@H](C[SH](=O)=O)C1. The quantitative estimate of drug-likeness (QED) is 0.620. The highest BCUT2D eigenvalue weighted by Gasteiger charge is 2.26. The molecule has 0 aliphatic heterocycles. The van der Waals surface area contributed by atoms with Crippen LogP contribution < -0.4 is 5.73 Å². The van der Waals surface area contributed by atoms with Crippen LogP contribution >= 0.6 is 0 Å². The van der Waals surface area contributed by atoms with Crippen LogP contribution in [-0.4, -0.2) is 20.2 Å². The molecule has 1 fully saturated rings. The van der Waals surface area contributed by atoms with Crippen LogP contribution in [0.2, 0.25) is 0 Å². The van der Waals surface area contributed by atoms with Gasteiger partial charge in [0, 0.05) is 6.04 Å². The lowest BCUT2D eigenvalue weighted by Gasteiger charge is -2.31. The van der Waals surface area contributed by atoms with E-state index in [0.29, 0.717) is 5.92 Å². The molecule has 2 N–H and O–H groups in total. The molecule has 0 bridgehead atoms. The molecule has 0 radical (unpaired) electrons. The number of hydrogen-bond donors (Lipinski definition) is 2. The largest absolute Gasteiger partial charge is 0.327 e. The summed E-state index contributed by atoms with van der Waals surface area (Å²) in [5.74, 6) is 1.13. The molecule has 12 heavy (non-hydrogen) atoms. The molecule has 1 rings (SSSR count). The summed E-state index contributed by atoms with van der Waals surface area (Å²) in [7, 11) is -2.25. The van der Waals surface area contributed by atoms with Crippen LogP contribution in [0.4, 0.5) is 0 Å². The minimum Gasteiger partial charge on any atom is -0.327 e. The van der Waals surface area contributed by atoms with E-state index in [2.05, 4.69) is 6.92 Å². The first kappa shape index (κ1) is 9.99. The lowest BCUT2D eigenvalue weighted by atomic mass is 9.80. The van der Waals surface area contributed by atoms with Crippen LogP contribution in [-0.2, 0) is 10.7 Å². The molecule has 3 nitrogen and oxygen atoms in total. The molecule has 4 heteroatoms. The van der Waals surface area contributed by atoms with Crippen LogP contribution in [0.5, 0.6) is 0 Å². The van der Waals surface area contributed by atoms with Crippen LogP contribution in [0.15, 0.2) is 0 Å². The zero-order chi connectivity index (χ0) is 9.14. The van der Waals surface area contributed by atoms with E-state index in [1.165, 1.54) is 0 Å². The molecule has 1 aliphatic rings. The van der Waals surface area contributed by atoms with Crippen molar-refractivity contribution in [3.63, 3.8) is 0 Å². The lowest BCUT2D eigenvalue weighted by molar-refractivity contribution is 0.265. The van der Waals surface area contributed by atoms with Gasteiger partial charge >= 0.3 is 0 Å². The number of hydrogen-bond acceptors (Lipinski definition) is 3. The van der Waals surface area contributed by atoms with Gasteiger partial charge in [0.1, 0.15) is 10.7 Å². The monoisotopic (exact) mass is 191 g/mol. The average Bonchev–Trinajstić information content (AvgIpc) is 1.96. The molecule has 0 heterocycles. The second-order valence-corrected chi connectivity index (χ2v) is 4.89. The Morgan fingerprint density at radius 2 is 2.08 bits per heavy atom. The summed E-state index contributed by atoms with van der Waals surface area (Å²) in [4.78, 5) is 0. The highest BCUT2D eigenvalue weighted by atomic mass is 32.2. The van der Waals surface area contributed by atoms with E-state index in [1.54, 1.807) is 0 Å². The Kier molecular flexibility index (Phi) is 3.53. The van der Waals surface area contributed by atoms with Crippen molar-refractivity contribution < 1.29 is 8.42 Å². The summed E-state index contributed by atoms with van der Waals surface area (Å²) in [6.45, 7) is 2.16. The minimum absolute atomic E-state index is 0.106. The molecule has 0 unspecified atom stereocenters. The van der Waals surface area contributed by atoms with Crippen LogP contribution in [0, 0.1) is 11.8 Å². The Labute approximate surface area is 75.3 Å². The summed E-state index contributed by atoms with van der Waals surface area (Å²) in [6, 6.07) is 0.106. The van der Waals surface area contributed by atoms with E-state index >= 15 is 0 Å². The van der Waals surface area contributed by atoms with E-state index in [-0.39, 0.29) is 17.7 Å². The fourth-order valence-electron chi connectivity index (χ4n) is 1.92. The van der Waals surface area contributed by atoms with Gasteiger partial charge in [-0.2, -0.15) is 0 Å². The molecule has 0 aromatic rings. The normalized spacial score (nSPS) is 37.1. The van der Waals surface area contributed by atoms with Crippen molar-refractivity contribution in [3.8, 4) is 0 Å². The summed E-state index contributed by atoms with van der Waals surface area (Å²) in [5, 5.41) is 0. The molecule has 1 aliphatic carbocycles. The van der Waals surface area contributed by atoms with Crippen molar-refractivity contribution in [2.45, 2.75) is 32.2 Å². The van der Waals surface area contributed by atoms with E-state index in [4.69, 9.17) is 5.73 Å². The standard InChI is InChI=1S/C8H17NO2S/c1-6-2-3-8(9)7(4-6)5-12(10)11/h6-8,12H,2-5,9H2,1H3/t6-,7+,8+/m1/s1. The second kappa shape index (κ2) is 4.23. The summed E-state index contributed by atoms with van der Waals surface area (Å²) in [6.07, 6.45) is 3.10.